The van der Waals surface area contributed by atoms with Gasteiger partial charge in [-0.1, -0.05) is 0 Å². The van der Waals surface area contributed by atoms with Crippen LogP contribution in [0.15, 0.2) is 0 Å². The summed E-state index contributed by atoms with van der Waals surface area (Å²) in [6, 6.07) is -0.444. The Bertz CT molecular complexity index is 281. The molecule has 0 saturated heterocycles. The maximum absolute atomic E-state index is 11.2. The van der Waals surface area contributed by atoms with Crippen LogP contribution in [0.3, 0.4) is 0 Å². The molecule has 16 heavy (non-hydrogen) atoms. The molecular weight excluding hydrogens is 232 g/mol. The fraction of sp³-hybridized carbons (Fsp3) is 0.778. The predicted octanol–water partition coefficient (Wildman–Crippen LogP) is -0.373. The van der Waals surface area contributed by atoms with Gasteiger partial charge in [0, 0.05) is 11.3 Å². The van der Waals surface area contributed by atoms with Gasteiger partial charge in [0.1, 0.15) is 0 Å². The average Bonchev–Trinajstić information content (AvgIpc) is 3.03. The van der Waals surface area contributed by atoms with Crippen molar-refractivity contribution in [2.75, 3.05) is 19.3 Å². The van der Waals surface area contributed by atoms with Crippen molar-refractivity contribution < 1.29 is 19.8 Å². The van der Waals surface area contributed by atoms with Crippen molar-refractivity contribution in [1.29, 1.82) is 0 Å². The Hall–Kier alpha value is -0.950. The van der Waals surface area contributed by atoms with Crippen LogP contribution in [0, 0.1) is 0 Å². The first-order valence-electron chi connectivity index (χ1n) is 4.97. The quantitative estimate of drug-likeness (QED) is 0.514. The lowest BCUT2D eigenvalue weighted by Gasteiger charge is -2.14. The zero-order valence-electron chi connectivity index (χ0n) is 9.02. The number of amides is 2. The van der Waals surface area contributed by atoms with Crippen LogP contribution >= 0.6 is 11.8 Å². The highest BCUT2D eigenvalue weighted by molar-refractivity contribution is 8.00. The fourth-order valence-electron chi connectivity index (χ4n) is 1.17. The predicted molar refractivity (Wildman–Crippen MR) is 60.5 cm³/mol. The number of hydrogen-bond acceptors (Lipinski definition) is 4. The number of carboxylic acid groups (broad SMARTS) is 1. The smallest absolute Gasteiger partial charge is 0.334 e. The minimum atomic E-state index is -1.55. The molecule has 6 nitrogen and oxygen atoms in total. The second-order valence-electron chi connectivity index (χ2n) is 3.80. The van der Waals surface area contributed by atoms with Crippen molar-refractivity contribution in [2.45, 2.75) is 23.7 Å². The summed E-state index contributed by atoms with van der Waals surface area (Å²) < 4.78 is 0.169. The minimum Gasteiger partial charge on any atom is -0.479 e. The molecule has 92 valence electrons. The van der Waals surface area contributed by atoms with Crippen molar-refractivity contribution in [3.63, 3.8) is 0 Å². The van der Waals surface area contributed by atoms with Crippen LogP contribution in [-0.2, 0) is 4.79 Å². The summed E-state index contributed by atoms with van der Waals surface area (Å²) >= 11 is 1.72. The highest BCUT2D eigenvalue weighted by Crippen LogP contribution is 2.46. The lowest BCUT2D eigenvalue weighted by molar-refractivity contribution is -0.146. The summed E-state index contributed by atoms with van der Waals surface area (Å²) in [5.74, 6) is -1.34. The summed E-state index contributed by atoms with van der Waals surface area (Å²) in [6.07, 6.45) is 2.63. The lowest BCUT2D eigenvalue weighted by atomic mass is 10.3. The Morgan fingerprint density at radius 3 is 2.50 bits per heavy atom. The van der Waals surface area contributed by atoms with Crippen LogP contribution in [0.2, 0.25) is 0 Å². The molecule has 7 heteroatoms. The molecule has 0 radical (unpaired) electrons. The number of carbonyl (C=O) groups excluding carboxylic acids is 1. The number of aliphatic carboxylic acids is 1. The van der Waals surface area contributed by atoms with E-state index < -0.39 is 18.1 Å². The van der Waals surface area contributed by atoms with E-state index in [1.165, 1.54) is 0 Å². The van der Waals surface area contributed by atoms with Crippen molar-refractivity contribution in [3.05, 3.63) is 0 Å². The van der Waals surface area contributed by atoms with Gasteiger partial charge in [0.05, 0.1) is 6.54 Å². The highest BCUT2D eigenvalue weighted by atomic mass is 32.2. The van der Waals surface area contributed by atoms with Gasteiger partial charge in [0.2, 0.25) is 0 Å². The Kier molecular flexibility index (Phi) is 4.43. The summed E-state index contributed by atoms with van der Waals surface area (Å²) in [6.45, 7) is 0.288. The Balaban J connectivity index is 2.14. The average molecular weight is 248 g/mol. The third-order valence-electron chi connectivity index (χ3n) is 2.55. The standard InChI is InChI=1S/C9H16N2O4S/c1-16-9(2-3-9)5-11-8(15)10-4-6(12)7(13)14/h6,12H,2-5H2,1H3,(H,13,14)(H2,10,11,15)/t6-/m0/s1. The van der Waals surface area contributed by atoms with E-state index in [0.717, 1.165) is 12.8 Å². The molecule has 0 heterocycles. The number of rotatable bonds is 6. The number of aliphatic hydroxyl groups excluding tert-OH is 1. The van der Waals surface area contributed by atoms with Gasteiger partial charge in [0.15, 0.2) is 6.10 Å². The molecule has 0 unspecified atom stereocenters. The van der Waals surface area contributed by atoms with Crippen molar-refractivity contribution >= 4 is 23.8 Å². The number of carbonyl (C=O) groups is 2. The summed E-state index contributed by atoms with van der Waals surface area (Å²) in [4.78, 5) is 21.5. The summed E-state index contributed by atoms with van der Waals surface area (Å²) in [5, 5.41) is 22.2. The topological polar surface area (TPSA) is 98.7 Å². The number of carboxylic acids is 1. The Morgan fingerprint density at radius 1 is 1.44 bits per heavy atom. The molecule has 0 aromatic heterocycles. The Morgan fingerprint density at radius 2 is 2.06 bits per heavy atom. The van der Waals surface area contributed by atoms with Gasteiger partial charge in [-0.05, 0) is 19.1 Å². The molecule has 2 amide bonds. The second-order valence-corrected chi connectivity index (χ2v) is 5.08. The van der Waals surface area contributed by atoms with E-state index in [1.807, 2.05) is 6.26 Å². The monoisotopic (exact) mass is 248 g/mol. The van der Waals surface area contributed by atoms with E-state index in [4.69, 9.17) is 10.2 Å². The molecular formula is C9H16N2O4S. The van der Waals surface area contributed by atoms with E-state index in [2.05, 4.69) is 10.6 Å². The number of nitrogens with one attached hydrogen (secondary N) is 2. The molecule has 1 atom stereocenters. The molecule has 1 aliphatic rings. The van der Waals surface area contributed by atoms with Gasteiger partial charge in [-0.25, -0.2) is 9.59 Å². The van der Waals surface area contributed by atoms with E-state index >= 15 is 0 Å². The maximum atomic E-state index is 11.2. The molecule has 4 N–H and O–H groups in total. The second kappa shape index (κ2) is 5.40. The van der Waals surface area contributed by atoms with Crippen LogP contribution in [0.4, 0.5) is 4.79 Å². The van der Waals surface area contributed by atoms with E-state index in [-0.39, 0.29) is 11.3 Å². The SMILES string of the molecule is CSC1(CNC(=O)NC[C@H](O)C(=O)O)CC1. The zero-order chi connectivity index (χ0) is 12.2. The van der Waals surface area contributed by atoms with E-state index in [9.17, 15) is 9.59 Å². The van der Waals surface area contributed by atoms with Crippen LogP contribution in [0.5, 0.6) is 0 Å². The molecule has 0 spiro atoms. The molecule has 1 aliphatic carbocycles. The summed E-state index contributed by atoms with van der Waals surface area (Å²) in [7, 11) is 0. The zero-order valence-corrected chi connectivity index (χ0v) is 9.84. The van der Waals surface area contributed by atoms with Crippen LogP contribution in [-0.4, -0.2) is 52.4 Å². The normalized spacial score (nSPS) is 18.6. The van der Waals surface area contributed by atoms with E-state index in [0.29, 0.717) is 6.54 Å². The van der Waals surface area contributed by atoms with E-state index in [1.54, 1.807) is 11.8 Å². The first-order valence-corrected chi connectivity index (χ1v) is 6.19. The van der Waals surface area contributed by atoms with Crippen LogP contribution in [0.25, 0.3) is 0 Å². The van der Waals surface area contributed by atoms with Gasteiger partial charge in [-0.2, -0.15) is 11.8 Å². The third-order valence-corrected chi connectivity index (χ3v) is 3.97. The largest absolute Gasteiger partial charge is 0.479 e. The molecule has 0 bridgehead atoms. The maximum Gasteiger partial charge on any atom is 0.334 e. The van der Waals surface area contributed by atoms with Crippen molar-refractivity contribution in [2.24, 2.45) is 0 Å². The first kappa shape index (κ1) is 13.1. The number of hydrogen-bond donors (Lipinski definition) is 4. The molecule has 1 saturated carbocycles. The van der Waals surface area contributed by atoms with Crippen molar-refractivity contribution in [1.82, 2.24) is 10.6 Å². The van der Waals surface area contributed by atoms with Gasteiger partial charge in [0.25, 0.3) is 0 Å². The molecule has 1 rings (SSSR count). The van der Waals surface area contributed by atoms with Crippen molar-refractivity contribution in [3.8, 4) is 0 Å². The molecule has 0 aliphatic heterocycles. The van der Waals surface area contributed by atoms with Gasteiger partial charge in [-0.3, -0.25) is 0 Å². The van der Waals surface area contributed by atoms with Crippen LogP contribution < -0.4 is 10.6 Å². The fourth-order valence-corrected chi connectivity index (χ4v) is 1.90. The Labute approximate surface area is 97.8 Å². The molecule has 1 fully saturated rings. The lowest BCUT2D eigenvalue weighted by Crippen LogP contribution is -2.44. The highest BCUT2D eigenvalue weighted by Gasteiger charge is 2.41. The third kappa shape index (κ3) is 3.90. The first-order chi connectivity index (χ1) is 7.49. The van der Waals surface area contributed by atoms with Gasteiger partial charge >= 0.3 is 12.0 Å². The molecule has 0 aromatic carbocycles. The minimum absolute atomic E-state index is 0.169. The molecule has 0 aromatic rings. The number of thioether (sulfide) groups is 1. The number of urea groups is 1. The summed E-state index contributed by atoms with van der Waals surface area (Å²) in [5.41, 5.74) is 0. The van der Waals surface area contributed by atoms with Crippen LogP contribution in [0.1, 0.15) is 12.8 Å². The van der Waals surface area contributed by atoms with Gasteiger partial charge < -0.3 is 20.8 Å². The van der Waals surface area contributed by atoms with Gasteiger partial charge in [-0.15, -0.1) is 0 Å². The number of aliphatic hydroxyl groups is 1.